The van der Waals surface area contributed by atoms with E-state index in [0.717, 1.165) is 18.9 Å². The number of nitrogens with zero attached hydrogens (tertiary/aromatic N) is 1. The van der Waals surface area contributed by atoms with Crippen molar-refractivity contribution in [3.8, 4) is 0 Å². The van der Waals surface area contributed by atoms with E-state index in [9.17, 15) is 23.5 Å². The number of rotatable bonds is 4. The highest BCUT2D eigenvalue weighted by Crippen LogP contribution is 2.25. The van der Waals surface area contributed by atoms with Crippen LogP contribution in [-0.4, -0.2) is 41.0 Å². The Morgan fingerprint density at radius 1 is 1.13 bits per heavy atom. The van der Waals surface area contributed by atoms with Crippen LogP contribution in [0, 0.1) is 11.6 Å². The summed E-state index contributed by atoms with van der Waals surface area (Å²) in [6.45, 7) is 0.155. The molecule has 0 saturated carbocycles. The molecule has 2 amide bonds. The summed E-state index contributed by atoms with van der Waals surface area (Å²) in [7, 11) is 0. The van der Waals surface area contributed by atoms with Gasteiger partial charge in [-0.15, -0.1) is 0 Å². The van der Waals surface area contributed by atoms with Crippen LogP contribution >= 0.6 is 0 Å². The first kappa shape index (κ1) is 20.0. The number of piperidine rings is 1. The second-order valence-corrected chi connectivity index (χ2v) is 7.27. The summed E-state index contributed by atoms with van der Waals surface area (Å²) in [5.74, 6) is -3.24. The van der Waals surface area contributed by atoms with Crippen LogP contribution in [0.3, 0.4) is 0 Å². The van der Waals surface area contributed by atoms with Crippen molar-refractivity contribution in [3.63, 3.8) is 0 Å². The number of halogens is 2. The fourth-order valence-electron chi connectivity index (χ4n) is 3.72. The van der Waals surface area contributed by atoms with Gasteiger partial charge < -0.3 is 19.7 Å². The molecule has 1 atom stereocenters. The minimum Gasteiger partial charge on any atom is -0.464 e. The number of hydrogen-bond acceptors (Lipinski definition) is 4. The van der Waals surface area contributed by atoms with Gasteiger partial charge in [-0.1, -0.05) is 0 Å². The lowest BCUT2D eigenvalue weighted by atomic mass is 10.0. The minimum absolute atomic E-state index is 0.228. The molecule has 1 aliphatic rings. The first-order chi connectivity index (χ1) is 14.5. The monoisotopic (exact) mass is 414 g/mol. The summed E-state index contributed by atoms with van der Waals surface area (Å²) >= 11 is 0. The largest absolute Gasteiger partial charge is 0.464 e. The topological polar surface area (TPSA) is 82.8 Å². The Balaban J connectivity index is 1.60. The number of nitrogens with one attached hydrogen (secondary N) is 1. The van der Waals surface area contributed by atoms with Crippen LogP contribution in [-0.2, 0) is 0 Å². The number of benzene rings is 2. The molecule has 2 heterocycles. The van der Waals surface area contributed by atoms with Gasteiger partial charge in [0.2, 0.25) is 0 Å². The molecule has 1 aliphatic heterocycles. The molecule has 8 heteroatoms. The molecule has 0 spiro atoms. The standard InChI is InChI=1S/C22H20F2N2O4/c23-17-11-18(24)19(10-16(17)22(29)26-7-2-1-3-15(26)12-27)25-21(28)14-4-5-20-13(9-14)6-8-30-20/h4-6,8-11,15,27H,1-3,7,12H2,(H,25,28). The summed E-state index contributed by atoms with van der Waals surface area (Å²) in [5, 5.41) is 12.6. The summed E-state index contributed by atoms with van der Waals surface area (Å²) in [4.78, 5) is 26.8. The Morgan fingerprint density at radius 3 is 2.77 bits per heavy atom. The molecule has 3 aromatic rings. The third kappa shape index (κ3) is 3.78. The third-order valence-electron chi connectivity index (χ3n) is 5.35. The Hall–Kier alpha value is -3.26. The van der Waals surface area contributed by atoms with Crippen LogP contribution in [0.15, 0.2) is 47.1 Å². The first-order valence-corrected chi connectivity index (χ1v) is 9.67. The van der Waals surface area contributed by atoms with Crippen LogP contribution in [0.4, 0.5) is 14.5 Å². The highest BCUT2D eigenvalue weighted by Gasteiger charge is 2.29. The maximum Gasteiger partial charge on any atom is 0.257 e. The second kappa shape index (κ2) is 8.23. The molecule has 4 rings (SSSR count). The molecule has 1 aromatic heterocycles. The highest BCUT2D eigenvalue weighted by atomic mass is 19.1. The smallest absolute Gasteiger partial charge is 0.257 e. The quantitative estimate of drug-likeness (QED) is 0.677. The van der Waals surface area contributed by atoms with Gasteiger partial charge in [-0.3, -0.25) is 9.59 Å². The number of carbonyl (C=O) groups is 2. The molecule has 0 radical (unpaired) electrons. The molecule has 6 nitrogen and oxygen atoms in total. The number of aliphatic hydroxyl groups is 1. The average molecular weight is 414 g/mol. The van der Waals surface area contributed by atoms with Crippen LogP contribution in [0.25, 0.3) is 11.0 Å². The summed E-state index contributed by atoms with van der Waals surface area (Å²) in [6, 6.07) is 7.60. The SMILES string of the molecule is O=C(Nc1cc(C(=O)N2CCCCC2CO)c(F)cc1F)c1ccc2occc2c1. The van der Waals surface area contributed by atoms with Crippen LogP contribution < -0.4 is 5.32 Å². The zero-order chi connectivity index (χ0) is 21.3. The molecular weight excluding hydrogens is 394 g/mol. The van der Waals surface area contributed by atoms with E-state index >= 15 is 0 Å². The summed E-state index contributed by atoms with van der Waals surface area (Å²) in [5.41, 5.74) is 0.219. The van der Waals surface area contributed by atoms with Gasteiger partial charge in [0, 0.05) is 23.6 Å². The van der Waals surface area contributed by atoms with Crippen molar-refractivity contribution in [2.45, 2.75) is 25.3 Å². The van der Waals surface area contributed by atoms with Crippen molar-refractivity contribution in [1.82, 2.24) is 4.90 Å². The van der Waals surface area contributed by atoms with Gasteiger partial charge in [0.15, 0.2) is 0 Å². The van der Waals surface area contributed by atoms with Crippen LogP contribution in [0.5, 0.6) is 0 Å². The van der Waals surface area contributed by atoms with Gasteiger partial charge in [-0.2, -0.15) is 0 Å². The molecule has 0 aliphatic carbocycles. The Kier molecular flexibility index (Phi) is 5.50. The van der Waals surface area contributed by atoms with Gasteiger partial charge in [0.1, 0.15) is 17.2 Å². The molecule has 1 unspecified atom stereocenters. The maximum atomic E-state index is 14.4. The molecular formula is C22H20F2N2O4. The number of aliphatic hydroxyl groups excluding tert-OH is 1. The van der Waals surface area contributed by atoms with E-state index in [-0.39, 0.29) is 23.4 Å². The normalized spacial score (nSPS) is 16.6. The molecule has 156 valence electrons. The van der Waals surface area contributed by atoms with Crippen molar-refractivity contribution < 1.29 is 27.9 Å². The Morgan fingerprint density at radius 2 is 1.97 bits per heavy atom. The molecule has 30 heavy (non-hydrogen) atoms. The lowest BCUT2D eigenvalue weighted by Crippen LogP contribution is -2.45. The number of likely N-dealkylation sites (tertiary alicyclic amines) is 1. The maximum absolute atomic E-state index is 14.4. The van der Waals surface area contributed by atoms with Crippen LogP contribution in [0.2, 0.25) is 0 Å². The van der Waals surface area contributed by atoms with E-state index in [1.807, 2.05) is 0 Å². The van der Waals surface area contributed by atoms with Crippen molar-refractivity contribution in [2.24, 2.45) is 0 Å². The van der Waals surface area contributed by atoms with E-state index in [1.54, 1.807) is 18.2 Å². The Bertz CT molecular complexity index is 1110. The molecule has 1 saturated heterocycles. The molecule has 1 fully saturated rings. The predicted octanol–water partition coefficient (Wildman–Crippen LogP) is 3.95. The summed E-state index contributed by atoms with van der Waals surface area (Å²) in [6.07, 6.45) is 3.71. The van der Waals surface area contributed by atoms with Crippen molar-refractivity contribution in [2.75, 3.05) is 18.5 Å². The number of anilines is 1. The number of carbonyl (C=O) groups excluding carboxylic acids is 2. The number of hydrogen-bond donors (Lipinski definition) is 2. The zero-order valence-corrected chi connectivity index (χ0v) is 16.0. The number of fused-ring (bicyclic) bond motifs is 1. The van der Waals surface area contributed by atoms with Gasteiger partial charge in [-0.05, 0) is 49.6 Å². The fraction of sp³-hybridized carbons (Fsp3) is 0.273. The van der Waals surface area contributed by atoms with Crippen molar-refractivity contribution >= 4 is 28.5 Å². The zero-order valence-electron chi connectivity index (χ0n) is 16.0. The Labute approximate surface area is 171 Å². The van der Waals surface area contributed by atoms with Crippen molar-refractivity contribution in [1.29, 1.82) is 0 Å². The molecule has 0 bridgehead atoms. The van der Waals surface area contributed by atoms with Crippen molar-refractivity contribution in [3.05, 3.63) is 65.4 Å². The number of amides is 2. The van der Waals surface area contributed by atoms with E-state index in [4.69, 9.17) is 4.42 Å². The lowest BCUT2D eigenvalue weighted by molar-refractivity contribution is 0.0498. The predicted molar refractivity (Wildman–Crippen MR) is 106 cm³/mol. The average Bonchev–Trinajstić information content (AvgIpc) is 3.23. The van der Waals surface area contributed by atoms with Gasteiger partial charge in [-0.25, -0.2) is 8.78 Å². The third-order valence-corrected chi connectivity index (χ3v) is 5.35. The van der Waals surface area contributed by atoms with E-state index in [0.29, 0.717) is 30.0 Å². The minimum atomic E-state index is -1.02. The molecule has 2 N–H and O–H groups in total. The van der Waals surface area contributed by atoms with E-state index in [2.05, 4.69) is 5.32 Å². The molecule has 2 aromatic carbocycles. The number of furan rings is 1. The van der Waals surface area contributed by atoms with Gasteiger partial charge in [0.25, 0.3) is 11.8 Å². The highest BCUT2D eigenvalue weighted by molar-refractivity contribution is 6.07. The van der Waals surface area contributed by atoms with Crippen LogP contribution in [0.1, 0.15) is 40.0 Å². The lowest BCUT2D eigenvalue weighted by Gasteiger charge is -2.34. The van der Waals surface area contributed by atoms with Gasteiger partial charge in [0.05, 0.1) is 30.2 Å². The summed E-state index contributed by atoms with van der Waals surface area (Å²) < 4.78 is 33.9. The second-order valence-electron chi connectivity index (χ2n) is 7.27. The first-order valence-electron chi connectivity index (χ1n) is 9.67. The van der Waals surface area contributed by atoms with Gasteiger partial charge >= 0.3 is 0 Å². The fourth-order valence-corrected chi connectivity index (χ4v) is 3.72. The van der Waals surface area contributed by atoms with E-state index in [1.165, 1.54) is 17.2 Å². The van der Waals surface area contributed by atoms with E-state index < -0.39 is 29.5 Å².